The summed E-state index contributed by atoms with van der Waals surface area (Å²) in [5.74, 6) is -0.869. The molecule has 0 amide bonds. The molecule has 0 saturated heterocycles. The third-order valence-electron chi connectivity index (χ3n) is 5.96. The standard InChI is InChI=1S/C26H23F3N2O4S/c1-16(2)18-8-11-22(12-9-18)36(34,35)31-21(10-5-17-3-6-19(7-4-17)25(32)33)13-20-14-24(26(27,28)29)30-15-23(20)31/h3-4,6-9,11-16H,5,10H2,1-2H3,(H,32,33). The summed E-state index contributed by atoms with van der Waals surface area (Å²) >= 11 is 0. The third kappa shape index (κ3) is 4.99. The second kappa shape index (κ2) is 9.42. The normalized spacial score (nSPS) is 12.4. The summed E-state index contributed by atoms with van der Waals surface area (Å²) in [6.07, 6.45) is -3.21. The molecule has 36 heavy (non-hydrogen) atoms. The maximum Gasteiger partial charge on any atom is 0.433 e. The molecule has 0 spiro atoms. The molecule has 0 fully saturated rings. The molecule has 2 aromatic carbocycles. The Labute approximate surface area is 206 Å². The van der Waals surface area contributed by atoms with E-state index in [0.29, 0.717) is 12.1 Å². The van der Waals surface area contributed by atoms with Crippen LogP contribution in [-0.4, -0.2) is 28.5 Å². The number of carbonyl (C=O) groups is 1. The van der Waals surface area contributed by atoms with Gasteiger partial charge in [-0.25, -0.2) is 22.2 Å². The highest BCUT2D eigenvalue weighted by molar-refractivity contribution is 7.90. The first kappa shape index (κ1) is 25.4. The summed E-state index contributed by atoms with van der Waals surface area (Å²) in [4.78, 5) is 14.6. The topological polar surface area (TPSA) is 89.3 Å². The zero-order valence-corrected chi connectivity index (χ0v) is 20.3. The number of alkyl halides is 3. The number of pyridine rings is 1. The fraction of sp³-hybridized carbons (Fsp3) is 0.231. The van der Waals surface area contributed by atoms with Gasteiger partial charge in [-0.3, -0.25) is 0 Å². The maximum absolute atomic E-state index is 13.7. The van der Waals surface area contributed by atoms with Crippen LogP contribution in [0, 0.1) is 0 Å². The molecule has 2 aromatic heterocycles. The van der Waals surface area contributed by atoms with Gasteiger partial charge in [0.15, 0.2) is 0 Å². The number of nitrogens with zero attached hydrogens (tertiary/aromatic N) is 2. The molecule has 10 heteroatoms. The van der Waals surface area contributed by atoms with Gasteiger partial charge in [0.2, 0.25) is 0 Å². The molecule has 0 aliphatic carbocycles. The number of fused-ring (bicyclic) bond motifs is 1. The zero-order chi connectivity index (χ0) is 26.3. The Morgan fingerprint density at radius 1 is 1.00 bits per heavy atom. The first-order valence-corrected chi connectivity index (χ1v) is 12.6. The number of aromatic carboxylic acids is 1. The molecule has 1 N–H and O–H groups in total. The Morgan fingerprint density at radius 2 is 1.64 bits per heavy atom. The Bertz CT molecular complexity index is 1520. The molecule has 0 aliphatic rings. The van der Waals surface area contributed by atoms with Crippen LogP contribution >= 0.6 is 0 Å². The smallest absolute Gasteiger partial charge is 0.433 e. The maximum atomic E-state index is 13.7. The fourth-order valence-electron chi connectivity index (χ4n) is 3.97. The minimum absolute atomic E-state index is 0.0105. The average Bonchev–Trinajstić information content (AvgIpc) is 3.21. The number of aryl methyl sites for hydroxylation is 2. The van der Waals surface area contributed by atoms with Crippen molar-refractivity contribution in [3.8, 4) is 0 Å². The number of carboxylic acids is 1. The number of aromatic nitrogens is 2. The van der Waals surface area contributed by atoms with Gasteiger partial charge >= 0.3 is 12.1 Å². The van der Waals surface area contributed by atoms with Gasteiger partial charge < -0.3 is 5.11 Å². The van der Waals surface area contributed by atoms with Crippen LogP contribution in [0.5, 0.6) is 0 Å². The van der Waals surface area contributed by atoms with Crippen molar-refractivity contribution < 1.29 is 31.5 Å². The number of rotatable bonds is 7. The number of benzene rings is 2. The van der Waals surface area contributed by atoms with Crippen molar-refractivity contribution in [1.82, 2.24) is 8.96 Å². The predicted octanol–water partition coefficient (Wildman–Crippen LogP) is 5.90. The van der Waals surface area contributed by atoms with E-state index in [0.717, 1.165) is 27.4 Å². The molecular formula is C26H23F3N2O4S. The van der Waals surface area contributed by atoms with E-state index in [1.54, 1.807) is 24.3 Å². The molecule has 188 valence electrons. The minimum Gasteiger partial charge on any atom is -0.478 e. The second-order valence-corrected chi connectivity index (χ2v) is 10.5. The van der Waals surface area contributed by atoms with Crippen LogP contribution in [-0.2, 0) is 29.0 Å². The van der Waals surface area contributed by atoms with Crippen LogP contribution in [0.3, 0.4) is 0 Å². The lowest BCUT2D eigenvalue weighted by atomic mass is 10.0. The molecule has 0 bridgehead atoms. The largest absolute Gasteiger partial charge is 0.478 e. The molecule has 0 radical (unpaired) electrons. The van der Waals surface area contributed by atoms with Gasteiger partial charge in [-0.15, -0.1) is 0 Å². The lowest BCUT2D eigenvalue weighted by Gasteiger charge is -2.14. The van der Waals surface area contributed by atoms with Crippen LogP contribution in [0.4, 0.5) is 13.2 Å². The molecule has 0 aliphatic heterocycles. The van der Waals surface area contributed by atoms with Crippen molar-refractivity contribution in [2.24, 2.45) is 0 Å². The van der Waals surface area contributed by atoms with Crippen molar-refractivity contribution >= 4 is 26.9 Å². The fourth-order valence-corrected chi connectivity index (χ4v) is 5.53. The van der Waals surface area contributed by atoms with Crippen LogP contribution < -0.4 is 0 Å². The van der Waals surface area contributed by atoms with E-state index in [-0.39, 0.29) is 33.7 Å². The van der Waals surface area contributed by atoms with E-state index in [1.165, 1.54) is 30.3 Å². The summed E-state index contributed by atoms with van der Waals surface area (Å²) in [7, 11) is -4.15. The van der Waals surface area contributed by atoms with E-state index in [4.69, 9.17) is 5.11 Å². The lowest BCUT2D eigenvalue weighted by Crippen LogP contribution is -2.16. The average molecular weight is 517 g/mol. The number of hydrogen-bond acceptors (Lipinski definition) is 4. The number of halogens is 3. The third-order valence-corrected chi connectivity index (χ3v) is 7.74. The predicted molar refractivity (Wildman–Crippen MR) is 129 cm³/mol. The summed E-state index contributed by atoms with van der Waals surface area (Å²) < 4.78 is 68.2. The van der Waals surface area contributed by atoms with Crippen LogP contribution in [0.25, 0.3) is 10.9 Å². The first-order valence-electron chi connectivity index (χ1n) is 11.1. The van der Waals surface area contributed by atoms with E-state index >= 15 is 0 Å². The van der Waals surface area contributed by atoms with Crippen molar-refractivity contribution in [2.45, 2.75) is 43.7 Å². The minimum atomic E-state index is -4.67. The zero-order valence-electron chi connectivity index (χ0n) is 19.5. The summed E-state index contributed by atoms with van der Waals surface area (Å²) in [5.41, 5.74) is 1.05. The molecule has 0 saturated carbocycles. The Kier molecular flexibility index (Phi) is 6.66. The van der Waals surface area contributed by atoms with Gasteiger partial charge in [0.25, 0.3) is 10.0 Å². The molecule has 0 unspecified atom stereocenters. The van der Waals surface area contributed by atoms with Crippen molar-refractivity contribution in [2.75, 3.05) is 0 Å². The summed E-state index contributed by atoms with van der Waals surface area (Å²) in [5, 5.41) is 9.18. The molecule has 0 atom stereocenters. The van der Waals surface area contributed by atoms with E-state index in [1.807, 2.05) is 13.8 Å². The van der Waals surface area contributed by atoms with Crippen LogP contribution in [0.1, 0.15) is 52.6 Å². The quantitative estimate of drug-likeness (QED) is 0.330. The Morgan fingerprint density at radius 3 is 2.19 bits per heavy atom. The molecule has 4 aromatic rings. The van der Waals surface area contributed by atoms with Crippen LogP contribution in [0.15, 0.2) is 71.8 Å². The van der Waals surface area contributed by atoms with Crippen LogP contribution in [0.2, 0.25) is 0 Å². The number of hydrogen-bond donors (Lipinski definition) is 1. The van der Waals surface area contributed by atoms with Gasteiger partial charge in [-0.1, -0.05) is 38.1 Å². The summed E-state index contributed by atoms with van der Waals surface area (Å²) in [6, 6.07) is 14.8. The van der Waals surface area contributed by atoms with Crippen molar-refractivity contribution in [3.63, 3.8) is 0 Å². The molecule has 4 rings (SSSR count). The SMILES string of the molecule is CC(C)c1ccc(S(=O)(=O)n2c(CCc3ccc(C(=O)O)cc3)cc3cc(C(F)(F)F)ncc32)cc1. The van der Waals surface area contributed by atoms with E-state index in [2.05, 4.69) is 4.98 Å². The van der Waals surface area contributed by atoms with Gasteiger partial charge in [-0.2, -0.15) is 13.2 Å². The highest BCUT2D eigenvalue weighted by Gasteiger charge is 2.33. The molecular weight excluding hydrogens is 493 g/mol. The van der Waals surface area contributed by atoms with Gasteiger partial charge in [0.05, 0.1) is 22.2 Å². The van der Waals surface area contributed by atoms with Gasteiger partial charge in [0, 0.05) is 11.1 Å². The number of carboxylic acid groups (broad SMARTS) is 1. The Balaban J connectivity index is 1.79. The van der Waals surface area contributed by atoms with E-state index in [9.17, 15) is 26.4 Å². The molecule has 6 nitrogen and oxygen atoms in total. The molecule has 2 heterocycles. The van der Waals surface area contributed by atoms with Crippen molar-refractivity contribution in [1.29, 1.82) is 0 Å². The van der Waals surface area contributed by atoms with Gasteiger partial charge in [-0.05, 0) is 66.3 Å². The van der Waals surface area contributed by atoms with Gasteiger partial charge in [0.1, 0.15) is 5.69 Å². The van der Waals surface area contributed by atoms with Crippen molar-refractivity contribution in [3.05, 3.63) is 94.9 Å². The highest BCUT2D eigenvalue weighted by Crippen LogP contribution is 2.33. The lowest BCUT2D eigenvalue weighted by molar-refractivity contribution is -0.141. The summed E-state index contributed by atoms with van der Waals surface area (Å²) in [6.45, 7) is 3.96. The first-order chi connectivity index (χ1) is 16.9. The van der Waals surface area contributed by atoms with E-state index < -0.39 is 27.9 Å². The highest BCUT2D eigenvalue weighted by atomic mass is 32.2. The Hall–Kier alpha value is -3.66. The monoisotopic (exact) mass is 516 g/mol. The second-order valence-electron chi connectivity index (χ2n) is 8.76.